The van der Waals surface area contributed by atoms with Crippen LogP contribution in [-0.4, -0.2) is 45.8 Å². The van der Waals surface area contributed by atoms with Gasteiger partial charge in [0.05, 0.1) is 43.1 Å². The van der Waals surface area contributed by atoms with Crippen LogP contribution >= 0.6 is 0 Å². The molecule has 0 bridgehead atoms. The molecule has 0 saturated carbocycles. The standard InChI is InChI=1S/C24H26FN7O/c1-33-22-5-4-15(9-18(22)25)19-10-16(21(11-29-19)31-8-2-3-17(26)13-31)12-32-14-30-23-20(32)6-7-28-24(23)27/h4-7,9-11,14,17H,2-3,8,12-13,26H2,1H3,(H2,27,28)/t17-/m1/s1. The average Bonchev–Trinajstić information content (AvgIpc) is 3.23. The van der Waals surface area contributed by atoms with E-state index in [1.54, 1.807) is 18.6 Å². The van der Waals surface area contributed by atoms with Crippen molar-refractivity contribution in [3.05, 3.63) is 60.4 Å². The molecule has 0 amide bonds. The second kappa shape index (κ2) is 8.67. The number of pyridine rings is 2. The molecule has 33 heavy (non-hydrogen) atoms. The zero-order chi connectivity index (χ0) is 22.9. The zero-order valence-corrected chi connectivity index (χ0v) is 18.4. The van der Waals surface area contributed by atoms with Crippen molar-refractivity contribution in [1.29, 1.82) is 0 Å². The highest BCUT2D eigenvalue weighted by atomic mass is 19.1. The number of nitrogens with zero attached hydrogens (tertiary/aromatic N) is 5. The molecule has 170 valence electrons. The number of hydrogen-bond acceptors (Lipinski definition) is 7. The Balaban J connectivity index is 1.58. The van der Waals surface area contributed by atoms with Crippen LogP contribution in [0.1, 0.15) is 18.4 Å². The summed E-state index contributed by atoms with van der Waals surface area (Å²) in [5, 5.41) is 0. The van der Waals surface area contributed by atoms with Crippen molar-refractivity contribution in [2.45, 2.75) is 25.4 Å². The molecule has 5 rings (SSSR count). The number of nitrogens with two attached hydrogens (primary N) is 2. The first kappa shape index (κ1) is 21.1. The minimum Gasteiger partial charge on any atom is -0.494 e. The Labute approximate surface area is 191 Å². The maximum Gasteiger partial charge on any atom is 0.165 e. The van der Waals surface area contributed by atoms with E-state index in [0.717, 1.165) is 42.7 Å². The molecular formula is C24H26FN7O. The Hall–Kier alpha value is -3.72. The van der Waals surface area contributed by atoms with Gasteiger partial charge >= 0.3 is 0 Å². The number of imidazole rings is 1. The first-order valence-electron chi connectivity index (χ1n) is 10.9. The first-order chi connectivity index (χ1) is 16.0. The Morgan fingerprint density at radius 1 is 1.18 bits per heavy atom. The van der Waals surface area contributed by atoms with E-state index in [-0.39, 0.29) is 11.8 Å². The van der Waals surface area contributed by atoms with Gasteiger partial charge in [0.15, 0.2) is 17.4 Å². The molecule has 4 heterocycles. The molecule has 1 aliphatic rings. The fourth-order valence-electron chi connectivity index (χ4n) is 4.44. The lowest BCUT2D eigenvalue weighted by atomic mass is 10.0. The van der Waals surface area contributed by atoms with Crippen LogP contribution in [0.3, 0.4) is 0 Å². The fraction of sp³-hybridized carbons (Fsp3) is 0.292. The molecular weight excluding hydrogens is 421 g/mol. The maximum absolute atomic E-state index is 14.4. The molecule has 0 unspecified atom stereocenters. The van der Waals surface area contributed by atoms with Crippen molar-refractivity contribution in [2.24, 2.45) is 5.73 Å². The van der Waals surface area contributed by atoms with Crippen LogP contribution in [0.5, 0.6) is 5.75 Å². The van der Waals surface area contributed by atoms with Gasteiger partial charge in [-0.15, -0.1) is 0 Å². The van der Waals surface area contributed by atoms with Gasteiger partial charge in [0, 0.05) is 30.9 Å². The van der Waals surface area contributed by atoms with Gasteiger partial charge in [0.25, 0.3) is 0 Å². The molecule has 1 saturated heterocycles. The smallest absolute Gasteiger partial charge is 0.165 e. The Morgan fingerprint density at radius 2 is 2.06 bits per heavy atom. The van der Waals surface area contributed by atoms with Gasteiger partial charge in [-0.25, -0.2) is 14.4 Å². The second-order valence-electron chi connectivity index (χ2n) is 8.33. The molecule has 0 radical (unpaired) electrons. The van der Waals surface area contributed by atoms with Gasteiger partial charge < -0.3 is 25.7 Å². The fourth-order valence-corrected chi connectivity index (χ4v) is 4.44. The van der Waals surface area contributed by atoms with E-state index in [2.05, 4.69) is 19.9 Å². The van der Waals surface area contributed by atoms with E-state index < -0.39 is 5.82 Å². The van der Waals surface area contributed by atoms with Crippen molar-refractivity contribution >= 4 is 22.5 Å². The molecule has 0 aliphatic carbocycles. The summed E-state index contributed by atoms with van der Waals surface area (Å²) in [6.07, 6.45) is 7.35. The summed E-state index contributed by atoms with van der Waals surface area (Å²) in [5.41, 5.74) is 17.2. The van der Waals surface area contributed by atoms with E-state index in [1.807, 2.05) is 29.0 Å². The van der Waals surface area contributed by atoms with Crippen molar-refractivity contribution in [1.82, 2.24) is 19.5 Å². The van der Waals surface area contributed by atoms with E-state index in [4.69, 9.17) is 16.2 Å². The van der Waals surface area contributed by atoms with Gasteiger partial charge in [-0.05, 0) is 48.7 Å². The Kier molecular flexibility index (Phi) is 5.55. The molecule has 9 heteroatoms. The predicted molar refractivity (Wildman–Crippen MR) is 127 cm³/mol. The SMILES string of the molecule is COc1ccc(-c2cc(Cn3cnc4c(N)nccc43)c(N3CCC[C@@H](N)C3)cn2)cc1F. The summed E-state index contributed by atoms with van der Waals surface area (Å²) in [7, 11) is 1.45. The number of benzene rings is 1. The molecule has 1 fully saturated rings. The normalized spacial score (nSPS) is 16.3. The largest absolute Gasteiger partial charge is 0.494 e. The summed E-state index contributed by atoms with van der Waals surface area (Å²) in [5.74, 6) is 0.180. The van der Waals surface area contributed by atoms with Crippen LogP contribution in [0.15, 0.2) is 49.1 Å². The quantitative estimate of drug-likeness (QED) is 0.484. The molecule has 1 aromatic carbocycles. The van der Waals surface area contributed by atoms with Crippen LogP contribution in [-0.2, 0) is 6.54 Å². The van der Waals surface area contributed by atoms with Crippen molar-refractivity contribution < 1.29 is 9.13 Å². The maximum atomic E-state index is 14.4. The van der Waals surface area contributed by atoms with Gasteiger partial charge in [-0.3, -0.25) is 4.98 Å². The summed E-state index contributed by atoms with van der Waals surface area (Å²) in [4.78, 5) is 15.5. The number of hydrogen-bond donors (Lipinski definition) is 2. The number of halogens is 1. The molecule has 1 aliphatic heterocycles. The number of fused-ring (bicyclic) bond motifs is 1. The average molecular weight is 448 g/mol. The monoisotopic (exact) mass is 447 g/mol. The van der Waals surface area contributed by atoms with Crippen LogP contribution in [0, 0.1) is 5.82 Å². The summed E-state index contributed by atoms with van der Waals surface area (Å²) in [6, 6.07) is 8.90. The highest BCUT2D eigenvalue weighted by Gasteiger charge is 2.21. The van der Waals surface area contributed by atoms with Crippen molar-refractivity contribution in [3.8, 4) is 17.0 Å². The van der Waals surface area contributed by atoms with E-state index in [0.29, 0.717) is 29.1 Å². The van der Waals surface area contributed by atoms with E-state index in [1.165, 1.54) is 13.2 Å². The third-order valence-electron chi connectivity index (χ3n) is 6.12. The Bertz CT molecular complexity index is 1310. The first-order valence-corrected chi connectivity index (χ1v) is 10.9. The third kappa shape index (κ3) is 4.07. The Morgan fingerprint density at radius 3 is 2.85 bits per heavy atom. The molecule has 0 spiro atoms. The molecule has 3 aromatic heterocycles. The van der Waals surface area contributed by atoms with Crippen molar-refractivity contribution in [2.75, 3.05) is 30.8 Å². The van der Waals surface area contributed by atoms with Crippen LogP contribution in [0.2, 0.25) is 0 Å². The summed E-state index contributed by atoms with van der Waals surface area (Å²) < 4.78 is 21.4. The number of ether oxygens (including phenoxy) is 1. The topological polar surface area (TPSA) is 108 Å². The minimum absolute atomic E-state index is 0.127. The summed E-state index contributed by atoms with van der Waals surface area (Å²) in [6.45, 7) is 2.24. The number of piperidine rings is 1. The second-order valence-corrected chi connectivity index (χ2v) is 8.33. The lowest BCUT2D eigenvalue weighted by Gasteiger charge is -2.34. The lowest BCUT2D eigenvalue weighted by Crippen LogP contribution is -2.43. The molecule has 1 atom stereocenters. The number of nitrogen functional groups attached to an aromatic ring is 1. The number of anilines is 2. The number of rotatable bonds is 5. The van der Waals surface area contributed by atoms with Crippen LogP contribution in [0.4, 0.5) is 15.9 Å². The minimum atomic E-state index is -0.423. The van der Waals surface area contributed by atoms with Gasteiger partial charge in [0.1, 0.15) is 5.52 Å². The highest BCUT2D eigenvalue weighted by molar-refractivity contribution is 5.84. The highest BCUT2D eigenvalue weighted by Crippen LogP contribution is 2.31. The van der Waals surface area contributed by atoms with Gasteiger partial charge in [-0.2, -0.15) is 0 Å². The van der Waals surface area contributed by atoms with Gasteiger partial charge in [0.2, 0.25) is 0 Å². The number of methoxy groups -OCH3 is 1. The van der Waals surface area contributed by atoms with Crippen LogP contribution in [0.25, 0.3) is 22.3 Å². The predicted octanol–water partition coefficient (Wildman–Crippen LogP) is 3.20. The zero-order valence-electron chi connectivity index (χ0n) is 18.4. The third-order valence-corrected chi connectivity index (χ3v) is 6.12. The van der Waals surface area contributed by atoms with Gasteiger partial charge in [-0.1, -0.05) is 0 Å². The summed E-state index contributed by atoms with van der Waals surface area (Å²) >= 11 is 0. The van der Waals surface area contributed by atoms with E-state index >= 15 is 0 Å². The number of aromatic nitrogens is 4. The molecule has 8 nitrogen and oxygen atoms in total. The van der Waals surface area contributed by atoms with E-state index in [9.17, 15) is 4.39 Å². The van der Waals surface area contributed by atoms with Crippen molar-refractivity contribution in [3.63, 3.8) is 0 Å². The molecule has 4 aromatic rings. The lowest BCUT2D eigenvalue weighted by molar-refractivity contribution is 0.386. The van der Waals surface area contributed by atoms with Crippen LogP contribution < -0.4 is 21.1 Å². The molecule has 4 N–H and O–H groups in total.